The Bertz CT molecular complexity index is 284. The molecule has 1 aromatic rings. The maximum atomic E-state index is 5.40. The summed E-state index contributed by atoms with van der Waals surface area (Å²) in [6.45, 7) is 7.63. The van der Waals surface area contributed by atoms with Crippen LogP contribution in [0.2, 0.25) is 0 Å². The fraction of sp³-hybridized carbons (Fsp3) is 0.667. The Hall–Kier alpha value is -0.800. The highest BCUT2D eigenvalue weighted by molar-refractivity contribution is 4.99. The molecule has 2 heterocycles. The lowest BCUT2D eigenvalue weighted by molar-refractivity contribution is 0.115. The minimum Gasteiger partial charge on any atom is -0.468 e. The SMILES string of the molecule is CCC1CNC(C)CN1Cc1ccco1. The first kappa shape index (κ1) is 10.7. The van der Waals surface area contributed by atoms with E-state index in [0.29, 0.717) is 12.1 Å². The molecule has 0 radical (unpaired) electrons. The van der Waals surface area contributed by atoms with Gasteiger partial charge in [0.1, 0.15) is 5.76 Å². The Kier molecular flexibility index (Phi) is 3.44. The summed E-state index contributed by atoms with van der Waals surface area (Å²) in [4.78, 5) is 2.51. The van der Waals surface area contributed by atoms with Crippen LogP contribution in [0, 0.1) is 0 Å². The first-order valence-corrected chi connectivity index (χ1v) is 5.79. The third-order valence-electron chi connectivity index (χ3n) is 3.14. The first-order chi connectivity index (χ1) is 7.29. The van der Waals surface area contributed by atoms with E-state index < -0.39 is 0 Å². The van der Waals surface area contributed by atoms with Crippen molar-refractivity contribution < 1.29 is 4.42 Å². The Labute approximate surface area is 91.4 Å². The Morgan fingerprint density at radius 3 is 3.13 bits per heavy atom. The molecule has 0 bridgehead atoms. The number of rotatable bonds is 3. The second kappa shape index (κ2) is 4.81. The smallest absolute Gasteiger partial charge is 0.117 e. The standard InChI is InChI=1S/C12H20N2O/c1-3-11-7-13-10(2)8-14(11)9-12-5-4-6-15-12/h4-6,10-11,13H,3,7-9H2,1-2H3. The van der Waals surface area contributed by atoms with Crippen LogP contribution in [0.1, 0.15) is 26.0 Å². The molecule has 3 heteroatoms. The minimum absolute atomic E-state index is 0.586. The normalized spacial score (nSPS) is 28.1. The maximum Gasteiger partial charge on any atom is 0.117 e. The summed E-state index contributed by atoms with van der Waals surface area (Å²) in [5, 5.41) is 3.52. The molecule has 2 rings (SSSR count). The summed E-state index contributed by atoms with van der Waals surface area (Å²) < 4.78 is 5.40. The molecule has 0 amide bonds. The molecule has 0 aromatic carbocycles. The van der Waals surface area contributed by atoms with Crippen molar-refractivity contribution in [2.24, 2.45) is 0 Å². The number of hydrogen-bond acceptors (Lipinski definition) is 3. The lowest BCUT2D eigenvalue weighted by Gasteiger charge is -2.38. The molecule has 1 aliphatic heterocycles. The van der Waals surface area contributed by atoms with Gasteiger partial charge in [-0.15, -0.1) is 0 Å². The van der Waals surface area contributed by atoms with Crippen LogP contribution in [0.5, 0.6) is 0 Å². The molecule has 0 saturated carbocycles. The number of piperazine rings is 1. The molecule has 1 aliphatic rings. The molecule has 2 unspecified atom stereocenters. The van der Waals surface area contributed by atoms with Crippen LogP contribution in [-0.4, -0.2) is 30.1 Å². The molecule has 0 aliphatic carbocycles. The van der Waals surface area contributed by atoms with E-state index in [-0.39, 0.29) is 0 Å². The van der Waals surface area contributed by atoms with E-state index in [1.54, 1.807) is 6.26 Å². The van der Waals surface area contributed by atoms with Crippen LogP contribution in [0.15, 0.2) is 22.8 Å². The Balaban J connectivity index is 1.98. The van der Waals surface area contributed by atoms with Gasteiger partial charge in [0.15, 0.2) is 0 Å². The largest absolute Gasteiger partial charge is 0.468 e. The number of furan rings is 1. The summed E-state index contributed by atoms with van der Waals surface area (Å²) in [5.74, 6) is 1.07. The van der Waals surface area contributed by atoms with Gasteiger partial charge in [-0.05, 0) is 25.5 Å². The summed E-state index contributed by atoms with van der Waals surface area (Å²) >= 11 is 0. The molecule has 15 heavy (non-hydrogen) atoms. The van der Waals surface area contributed by atoms with E-state index in [2.05, 4.69) is 30.1 Å². The summed E-state index contributed by atoms with van der Waals surface area (Å²) in [5.41, 5.74) is 0. The monoisotopic (exact) mass is 208 g/mol. The zero-order chi connectivity index (χ0) is 10.7. The second-order valence-electron chi connectivity index (χ2n) is 4.38. The van der Waals surface area contributed by atoms with E-state index >= 15 is 0 Å². The van der Waals surface area contributed by atoms with E-state index in [4.69, 9.17) is 4.42 Å². The van der Waals surface area contributed by atoms with Crippen molar-refractivity contribution in [2.75, 3.05) is 13.1 Å². The lowest BCUT2D eigenvalue weighted by Crippen LogP contribution is -2.54. The van der Waals surface area contributed by atoms with Crippen molar-refractivity contribution >= 4 is 0 Å². The van der Waals surface area contributed by atoms with E-state index in [0.717, 1.165) is 25.4 Å². The van der Waals surface area contributed by atoms with Crippen molar-refractivity contribution in [2.45, 2.75) is 38.9 Å². The number of nitrogens with one attached hydrogen (secondary N) is 1. The molecule has 84 valence electrons. The summed E-state index contributed by atoms with van der Waals surface area (Å²) in [7, 11) is 0. The highest BCUT2D eigenvalue weighted by Gasteiger charge is 2.24. The second-order valence-corrected chi connectivity index (χ2v) is 4.38. The van der Waals surface area contributed by atoms with Crippen LogP contribution in [0.4, 0.5) is 0 Å². The Morgan fingerprint density at radius 2 is 2.47 bits per heavy atom. The van der Waals surface area contributed by atoms with Crippen molar-refractivity contribution in [1.29, 1.82) is 0 Å². The fourth-order valence-corrected chi connectivity index (χ4v) is 2.23. The van der Waals surface area contributed by atoms with Gasteiger partial charge < -0.3 is 9.73 Å². The van der Waals surface area contributed by atoms with E-state index in [9.17, 15) is 0 Å². The van der Waals surface area contributed by atoms with Gasteiger partial charge in [-0.3, -0.25) is 4.90 Å². The quantitative estimate of drug-likeness (QED) is 0.821. The summed E-state index contributed by atoms with van der Waals surface area (Å²) in [6, 6.07) is 5.25. The average Bonchev–Trinajstić information content (AvgIpc) is 2.71. The molecule has 2 atom stereocenters. The first-order valence-electron chi connectivity index (χ1n) is 5.79. The molecular formula is C12H20N2O. The highest BCUT2D eigenvalue weighted by atomic mass is 16.3. The van der Waals surface area contributed by atoms with Crippen molar-refractivity contribution in [3.63, 3.8) is 0 Å². The zero-order valence-corrected chi connectivity index (χ0v) is 9.57. The molecule has 3 nitrogen and oxygen atoms in total. The van der Waals surface area contributed by atoms with Crippen LogP contribution < -0.4 is 5.32 Å². The van der Waals surface area contributed by atoms with Crippen LogP contribution in [0.3, 0.4) is 0 Å². The van der Waals surface area contributed by atoms with Crippen molar-refractivity contribution in [3.05, 3.63) is 24.2 Å². The van der Waals surface area contributed by atoms with Gasteiger partial charge in [0.2, 0.25) is 0 Å². The molecule has 1 N–H and O–H groups in total. The third-order valence-corrected chi connectivity index (χ3v) is 3.14. The maximum absolute atomic E-state index is 5.40. The third kappa shape index (κ3) is 2.61. The van der Waals surface area contributed by atoms with Gasteiger partial charge in [0.05, 0.1) is 12.8 Å². The van der Waals surface area contributed by atoms with Gasteiger partial charge in [0.25, 0.3) is 0 Å². The molecule has 1 fully saturated rings. The number of nitrogens with zero attached hydrogens (tertiary/aromatic N) is 1. The van der Waals surface area contributed by atoms with Crippen molar-refractivity contribution in [1.82, 2.24) is 10.2 Å². The predicted octanol–water partition coefficient (Wildman–Crippen LogP) is 1.85. The number of hydrogen-bond donors (Lipinski definition) is 1. The molecular weight excluding hydrogens is 188 g/mol. The topological polar surface area (TPSA) is 28.4 Å². The van der Waals surface area contributed by atoms with Crippen LogP contribution in [0.25, 0.3) is 0 Å². The molecule has 1 aromatic heterocycles. The Morgan fingerprint density at radius 1 is 1.60 bits per heavy atom. The molecule has 0 spiro atoms. The van der Waals surface area contributed by atoms with Gasteiger partial charge in [-0.2, -0.15) is 0 Å². The minimum atomic E-state index is 0.586. The van der Waals surface area contributed by atoms with Gasteiger partial charge in [0, 0.05) is 25.2 Å². The predicted molar refractivity (Wildman–Crippen MR) is 60.7 cm³/mol. The lowest BCUT2D eigenvalue weighted by atomic mass is 10.1. The van der Waals surface area contributed by atoms with Gasteiger partial charge >= 0.3 is 0 Å². The highest BCUT2D eigenvalue weighted by Crippen LogP contribution is 2.14. The van der Waals surface area contributed by atoms with Gasteiger partial charge in [-0.1, -0.05) is 6.92 Å². The van der Waals surface area contributed by atoms with E-state index in [1.807, 2.05) is 6.07 Å². The van der Waals surface area contributed by atoms with Crippen LogP contribution in [-0.2, 0) is 6.54 Å². The summed E-state index contributed by atoms with van der Waals surface area (Å²) in [6.07, 6.45) is 2.95. The average molecular weight is 208 g/mol. The van der Waals surface area contributed by atoms with Crippen molar-refractivity contribution in [3.8, 4) is 0 Å². The molecule has 1 saturated heterocycles. The van der Waals surface area contributed by atoms with Crippen LogP contribution >= 0.6 is 0 Å². The fourth-order valence-electron chi connectivity index (χ4n) is 2.23. The van der Waals surface area contributed by atoms with E-state index in [1.165, 1.54) is 6.42 Å². The zero-order valence-electron chi connectivity index (χ0n) is 9.57. The van der Waals surface area contributed by atoms with Gasteiger partial charge in [-0.25, -0.2) is 0 Å².